The fourth-order valence-corrected chi connectivity index (χ4v) is 5.38. The molecule has 0 spiro atoms. The molecular formula is C24H22BrN5O3. The fourth-order valence-electron chi connectivity index (χ4n) is 5.00. The Balaban J connectivity index is 1.48. The van der Waals surface area contributed by atoms with Gasteiger partial charge >= 0.3 is 0 Å². The number of hydrogen-bond donors (Lipinski definition) is 1. The molecule has 1 atom stereocenters. The number of carbonyl (C=O) groups excluding carboxylic acids is 1. The monoisotopic (exact) mass is 507 g/mol. The average Bonchev–Trinajstić information content (AvgIpc) is 3.44. The number of halogens is 1. The van der Waals surface area contributed by atoms with Gasteiger partial charge in [0.25, 0.3) is 11.5 Å². The van der Waals surface area contributed by atoms with Gasteiger partial charge in [0, 0.05) is 34.8 Å². The standard InChI is InChI=1S/C24H22BrN5O3/c1-13-7-18-20(9-17(13)24(32)29-5-4-14-8-15(25)10-26-22(14)29)28-23(31)19-11-27-30(21(18)19)16-3-2-6-33-12-16/h7-11,16H,2-6,12H2,1H3,(H,28,31). The van der Waals surface area contributed by atoms with Crippen LogP contribution in [-0.2, 0) is 11.2 Å². The fraction of sp³-hybridized carbons (Fsp3) is 0.333. The molecule has 0 saturated carbocycles. The summed E-state index contributed by atoms with van der Waals surface area (Å²) in [6.07, 6.45) is 6.02. The maximum absolute atomic E-state index is 13.5. The molecule has 2 aliphatic heterocycles. The van der Waals surface area contributed by atoms with Gasteiger partial charge in [-0.3, -0.25) is 19.2 Å². The number of ether oxygens (including phenoxy) is 1. The van der Waals surface area contributed by atoms with Crippen molar-refractivity contribution in [3.63, 3.8) is 0 Å². The first-order valence-corrected chi connectivity index (χ1v) is 11.9. The van der Waals surface area contributed by atoms with Crippen molar-refractivity contribution in [1.82, 2.24) is 19.7 Å². The highest BCUT2D eigenvalue weighted by atomic mass is 79.9. The predicted molar refractivity (Wildman–Crippen MR) is 129 cm³/mol. The molecule has 9 heteroatoms. The topological polar surface area (TPSA) is 93.1 Å². The van der Waals surface area contributed by atoms with Gasteiger partial charge in [-0.25, -0.2) is 4.98 Å². The molecular weight excluding hydrogens is 486 g/mol. The van der Waals surface area contributed by atoms with Crippen molar-refractivity contribution in [2.45, 2.75) is 32.2 Å². The van der Waals surface area contributed by atoms with E-state index in [1.54, 1.807) is 23.4 Å². The summed E-state index contributed by atoms with van der Waals surface area (Å²) in [5.74, 6) is 0.583. The van der Waals surface area contributed by atoms with Crippen molar-refractivity contribution < 1.29 is 9.53 Å². The van der Waals surface area contributed by atoms with Crippen LogP contribution >= 0.6 is 15.9 Å². The van der Waals surface area contributed by atoms with Gasteiger partial charge in [-0.1, -0.05) is 0 Å². The molecule has 4 aromatic rings. The Kier molecular flexibility index (Phi) is 4.84. The van der Waals surface area contributed by atoms with Crippen molar-refractivity contribution in [3.05, 3.63) is 62.1 Å². The normalized spacial score (nSPS) is 18.2. The first kappa shape index (κ1) is 20.6. The van der Waals surface area contributed by atoms with Crippen molar-refractivity contribution in [2.24, 2.45) is 0 Å². The lowest BCUT2D eigenvalue weighted by Gasteiger charge is -2.23. The van der Waals surface area contributed by atoms with Crippen LogP contribution in [-0.4, -0.2) is 45.4 Å². The first-order chi connectivity index (χ1) is 16.0. The Morgan fingerprint density at radius 1 is 1.24 bits per heavy atom. The molecule has 1 saturated heterocycles. The SMILES string of the molecule is Cc1cc2c(cc1C(=O)N1CCc3cc(Br)cnc31)[nH]c(=O)c1cnn(C3CCCOC3)c12. The molecule has 3 aromatic heterocycles. The van der Waals surface area contributed by atoms with Crippen LogP contribution in [0.15, 0.2) is 39.9 Å². The smallest absolute Gasteiger partial charge is 0.259 e. The average molecular weight is 508 g/mol. The Hall–Kier alpha value is -3.04. The maximum Gasteiger partial charge on any atom is 0.259 e. The first-order valence-electron chi connectivity index (χ1n) is 11.1. The minimum absolute atomic E-state index is 0.0920. The third-order valence-electron chi connectivity index (χ3n) is 6.64. The van der Waals surface area contributed by atoms with E-state index in [-0.39, 0.29) is 17.5 Å². The lowest BCUT2D eigenvalue weighted by Crippen LogP contribution is -2.30. The summed E-state index contributed by atoms with van der Waals surface area (Å²) in [5, 5.41) is 5.97. The number of aromatic nitrogens is 4. The van der Waals surface area contributed by atoms with E-state index >= 15 is 0 Å². The number of fused-ring (bicyclic) bond motifs is 4. The molecule has 1 fully saturated rings. The Labute approximate surface area is 197 Å². The number of hydrogen-bond acceptors (Lipinski definition) is 5. The van der Waals surface area contributed by atoms with E-state index in [1.807, 2.05) is 23.7 Å². The van der Waals surface area contributed by atoms with Gasteiger partial charge in [0.2, 0.25) is 0 Å². The lowest BCUT2D eigenvalue weighted by atomic mass is 10.0. The van der Waals surface area contributed by atoms with E-state index in [1.165, 1.54) is 0 Å². The number of aromatic amines is 1. The third kappa shape index (κ3) is 3.29. The quantitative estimate of drug-likeness (QED) is 0.444. The van der Waals surface area contributed by atoms with Crippen molar-refractivity contribution >= 4 is 49.5 Å². The maximum atomic E-state index is 13.5. The van der Waals surface area contributed by atoms with Crippen LogP contribution in [0.2, 0.25) is 0 Å². The lowest BCUT2D eigenvalue weighted by molar-refractivity contribution is 0.0565. The molecule has 1 N–H and O–H groups in total. The minimum atomic E-state index is -0.208. The van der Waals surface area contributed by atoms with Crippen LogP contribution in [0.1, 0.15) is 40.4 Å². The van der Waals surface area contributed by atoms with Crippen LogP contribution in [0.4, 0.5) is 5.82 Å². The Morgan fingerprint density at radius 2 is 2.12 bits per heavy atom. The zero-order valence-electron chi connectivity index (χ0n) is 18.1. The number of rotatable bonds is 2. The highest BCUT2D eigenvalue weighted by Gasteiger charge is 2.29. The summed E-state index contributed by atoms with van der Waals surface area (Å²) in [4.78, 5) is 35.5. The number of carbonyl (C=O) groups is 1. The molecule has 6 rings (SSSR count). The van der Waals surface area contributed by atoms with E-state index in [0.29, 0.717) is 35.4 Å². The molecule has 2 aliphatic rings. The number of nitrogens with one attached hydrogen (secondary N) is 1. The number of anilines is 1. The van der Waals surface area contributed by atoms with Crippen molar-refractivity contribution in [2.75, 3.05) is 24.7 Å². The molecule has 1 aromatic carbocycles. The summed E-state index contributed by atoms with van der Waals surface area (Å²) in [6, 6.07) is 5.87. The van der Waals surface area contributed by atoms with Gasteiger partial charge in [0.1, 0.15) is 5.82 Å². The van der Waals surface area contributed by atoms with Gasteiger partial charge in [0.15, 0.2) is 0 Å². The second-order valence-corrected chi connectivity index (χ2v) is 9.65. The van der Waals surface area contributed by atoms with E-state index in [2.05, 4.69) is 31.0 Å². The van der Waals surface area contributed by atoms with Crippen LogP contribution < -0.4 is 10.5 Å². The van der Waals surface area contributed by atoms with Crippen LogP contribution in [0.3, 0.4) is 0 Å². The number of nitrogens with zero attached hydrogens (tertiary/aromatic N) is 4. The van der Waals surface area contributed by atoms with Crippen LogP contribution in [0.25, 0.3) is 21.8 Å². The largest absolute Gasteiger partial charge is 0.379 e. The van der Waals surface area contributed by atoms with Crippen LogP contribution in [0.5, 0.6) is 0 Å². The molecule has 0 aliphatic carbocycles. The molecule has 0 bridgehead atoms. The predicted octanol–water partition coefficient (Wildman–Crippen LogP) is 3.90. The summed E-state index contributed by atoms with van der Waals surface area (Å²) in [7, 11) is 0. The second-order valence-electron chi connectivity index (χ2n) is 8.73. The summed E-state index contributed by atoms with van der Waals surface area (Å²) in [6.45, 7) is 3.85. The molecule has 1 unspecified atom stereocenters. The molecule has 33 heavy (non-hydrogen) atoms. The third-order valence-corrected chi connectivity index (χ3v) is 7.07. The molecule has 8 nitrogen and oxygen atoms in total. The zero-order chi connectivity index (χ0) is 22.7. The van der Waals surface area contributed by atoms with Crippen molar-refractivity contribution in [3.8, 4) is 0 Å². The minimum Gasteiger partial charge on any atom is -0.379 e. The van der Waals surface area contributed by atoms with Gasteiger partial charge in [0.05, 0.1) is 35.3 Å². The number of aryl methyl sites for hydroxylation is 1. The number of amides is 1. The van der Waals surface area contributed by atoms with Crippen molar-refractivity contribution in [1.29, 1.82) is 0 Å². The highest BCUT2D eigenvalue weighted by Crippen LogP contribution is 2.32. The van der Waals surface area contributed by atoms with Gasteiger partial charge in [-0.05, 0) is 71.4 Å². The van der Waals surface area contributed by atoms with Crippen LogP contribution in [0, 0.1) is 6.92 Å². The molecule has 5 heterocycles. The van der Waals surface area contributed by atoms with Gasteiger partial charge < -0.3 is 9.72 Å². The summed E-state index contributed by atoms with van der Waals surface area (Å²) < 4.78 is 8.48. The number of pyridine rings is 2. The number of H-pyrrole nitrogens is 1. The van der Waals surface area contributed by atoms with E-state index in [4.69, 9.17) is 4.74 Å². The van der Waals surface area contributed by atoms with E-state index < -0.39 is 0 Å². The summed E-state index contributed by atoms with van der Waals surface area (Å²) >= 11 is 3.45. The molecule has 168 valence electrons. The molecule has 1 amide bonds. The van der Waals surface area contributed by atoms with E-state index in [0.717, 1.165) is 52.4 Å². The van der Waals surface area contributed by atoms with Gasteiger partial charge in [-0.2, -0.15) is 5.10 Å². The highest BCUT2D eigenvalue weighted by molar-refractivity contribution is 9.10. The summed E-state index contributed by atoms with van der Waals surface area (Å²) in [5.41, 5.74) is 3.67. The zero-order valence-corrected chi connectivity index (χ0v) is 19.7. The Morgan fingerprint density at radius 3 is 2.94 bits per heavy atom. The number of benzene rings is 1. The van der Waals surface area contributed by atoms with Gasteiger partial charge in [-0.15, -0.1) is 0 Å². The second kappa shape index (κ2) is 7.78. The molecule has 0 radical (unpaired) electrons. The van der Waals surface area contributed by atoms with E-state index in [9.17, 15) is 9.59 Å². The Bertz CT molecular complexity index is 1490.